The second-order valence-electron chi connectivity index (χ2n) is 7.21. The number of carbonyl (C=O) groups is 1. The molecule has 3 heterocycles. The second kappa shape index (κ2) is 8.53. The Hall–Kier alpha value is -3.55. The number of benzene rings is 2. The molecule has 1 amide bonds. The first-order chi connectivity index (χ1) is 15.6. The van der Waals surface area contributed by atoms with Crippen molar-refractivity contribution in [1.29, 1.82) is 0 Å². The van der Waals surface area contributed by atoms with Crippen LogP contribution in [-0.2, 0) is 6.54 Å². The molecular weight excluding hydrogens is 444 g/mol. The molecule has 0 aliphatic heterocycles. The van der Waals surface area contributed by atoms with E-state index in [9.17, 15) is 4.79 Å². The largest absolute Gasteiger partial charge is 0.355 e. The third-order valence-electron chi connectivity index (χ3n) is 5.06. The Morgan fingerprint density at radius 2 is 1.97 bits per heavy atom. The highest BCUT2D eigenvalue weighted by Crippen LogP contribution is 2.35. The van der Waals surface area contributed by atoms with Crippen LogP contribution in [-0.4, -0.2) is 21.0 Å². The van der Waals surface area contributed by atoms with E-state index in [1.165, 1.54) is 11.3 Å². The summed E-state index contributed by atoms with van der Waals surface area (Å²) in [6.45, 7) is 2.22. The van der Waals surface area contributed by atoms with Gasteiger partial charge in [0, 0.05) is 29.0 Å². The SMILES string of the molecule is Cc1c(Cl)ccc2sc(N(Cc3cccnc3)C(=O)c3cc(-c4ccccc4)on3)nc12. The molecule has 0 fully saturated rings. The van der Waals surface area contributed by atoms with Crippen molar-refractivity contribution < 1.29 is 9.32 Å². The van der Waals surface area contributed by atoms with E-state index in [1.54, 1.807) is 23.4 Å². The number of aryl methyl sites for hydroxylation is 1. The quantitative estimate of drug-likeness (QED) is 0.314. The number of thiazole rings is 1. The first-order valence-corrected chi connectivity index (χ1v) is 11.1. The molecule has 0 saturated heterocycles. The van der Waals surface area contributed by atoms with Gasteiger partial charge in [-0.05, 0) is 36.2 Å². The zero-order valence-corrected chi connectivity index (χ0v) is 18.6. The summed E-state index contributed by atoms with van der Waals surface area (Å²) in [7, 11) is 0. The molecule has 6 nitrogen and oxygen atoms in total. The molecule has 0 saturated carbocycles. The van der Waals surface area contributed by atoms with Crippen LogP contribution in [0.5, 0.6) is 0 Å². The van der Waals surface area contributed by atoms with Crippen molar-refractivity contribution >= 4 is 44.2 Å². The van der Waals surface area contributed by atoms with Gasteiger partial charge in [0.2, 0.25) is 0 Å². The number of hydrogen-bond acceptors (Lipinski definition) is 6. The second-order valence-corrected chi connectivity index (χ2v) is 8.63. The van der Waals surface area contributed by atoms with E-state index >= 15 is 0 Å². The van der Waals surface area contributed by atoms with Gasteiger partial charge in [0.05, 0.1) is 16.8 Å². The highest BCUT2D eigenvalue weighted by molar-refractivity contribution is 7.22. The summed E-state index contributed by atoms with van der Waals surface area (Å²) >= 11 is 7.71. The molecule has 8 heteroatoms. The van der Waals surface area contributed by atoms with Crippen LogP contribution in [0.25, 0.3) is 21.5 Å². The average Bonchev–Trinajstić information content (AvgIpc) is 3.49. The Kier molecular flexibility index (Phi) is 5.43. The van der Waals surface area contributed by atoms with Crippen molar-refractivity contribution in [3.8, 4) is 11.3 Å². The monoisotopic (exact) mass is 460 g/mol. The summed E-state index contributed by atoms with van der Waals surface area (Å²) in [4.78, 5) is 24.1. The first-order valence-electron chi connectivity index (χ1n) is 9.89. The van der Waals surface area contributed by atoms with Crippen molar-refractivity contribution in [1.82, 2.24) is 15.1 Å². The normalized spacial score (nSPS) is 11.1. The van der Waals surface area contributed by atoms with Crippen LogP contribution < -0.4 is 4.90 Å². The van der Waals surface area contributed by atoms with Gasteiger partial charge in [0.15, 0.2) is 16.6 Å². The summed E-state index contributed by atoms with van der Waals surface area (Å²) in [5, 5.41) is 5.24. The fourth-order valence-electron chi connectivity index (χ4n) is 3.36. The van der Waals surface area contributed by atoms with Gasteiger partial charge in [-0.1, -0.05) is 64.5 Å². The van der Waals surface area contributed by atoms with Crippen molar-refractivity contribution in [2.24, 2.45) is 0 Å². The van der Waals surface area contributed by atoms with Crippen molar-refractivity contribution in [3.63, 3.8) is 0 Å². The molecule has 2 aromatic carbocycles. The Morgan fingerprint density at radius 1 is 1.12 bits per heavy atom. The predicted octanol–water partition coefficient (Wildman–Crippen LogP) is 6.16. The minimum absolute atomic E-state index is 0.210. The zero-order valence-electron chi connectivity index (χ0n) is 17.0. The Bertz CT molecular complexity index is 1400. The fourth-order valence-corrected chi connectivity index (χ4v) is 4.53. The van der Waals surface area contributed by atoms with E-state index in [4.69, 9.17) is 21.1 Å². The van der Waals surface area contributed by atoms with Crippen LogP contribution in [0.4, 0.5) is 5.13 Å². The molecule has 0 spiro atoms. The number of aromatic nitrogens is 3. The lowest BCUT2D eigenvalue weighted by Gasteiger charge is -2.18. The van der Waals surface area contributed by atoms with Crippen LogP contribution in [0, 0.1) is 6.92 Å². The van der Waals surface area contributed by atoms with Gasteiger partial charge < -0.3 is 4.52 Å². The van der Waals surface area contributed by atoms with Crippen LogP contribution in [0.1, 0.15) is 21.6 Å². The van der Waals surface area contributed by atoms with Crippen LogP contribution in [0.15, 0.2) is 77.6 Å². The zero-order chi connectivity index (χ0) is 22.1. The topological polar surface area (TPSA) is 72.1 Å². The number of nitrogens with zero attached hydrogens (tertiary/aromatic N) is 4. The molecule has 5 aromatic rings. The van der Waals surface area contributed by atoms with E-state index in [0.717, 1.165) is 26.9 Å². The van der Waals surface area contributed by atoms with Gasteiger partial charge >= 0.3 is 0 Å². The summed E-state index contributed by atoms with van der Waals surface area (Å²) in [5.74, 6) is 0.227. The number of fused-ring (bicyclic) bond motifs is 1. The minimum atomic E-state index is -0.303. The van der Waals surface area contributed by atoms with Gasteiger partial charge in [-0.2, -0.15) is 0 Å². The van der Waals surface area contributed by atoms with Crippen molar-refractivity contribution in [3.05, 3.63) is 94.9 Å². The summed E-state index contributed by atoms with van der Waals surface area (Å²) in [6.07, 6.45) is 3.43. The molecule has 0 atom stereocenters. The minimum Gasteiger partial charge on any atom is -0.355 e. The van der Waals surface area contributed by atoms with Crippen LogP contribution in [0.2, 0.25) is 5.02 Å². The van der Waals surface area contributed by atoms with E-state index in [-0.39, 0.29) is 11.6 Å². The molecule has 158 valence electrons. The van der Waals surface area contributed by atoms with E-state index < -0.39 is 0 Å². The maximum atomic E-state index is 13.5. The smallest absolute Gasteiger partial charge is 0.282 e. The van der Waals surface area contributed by atoms with E-state index in [2.05, 4.69) is 10.1 Å². The molecule has 0 N–H and O–H groups in total. The number of pyridine rings is 1. The molecule has 0 radical (unpaired) electrons. The molecular formula is C24H17ClN4O2S. The highest BCUT2D eigenvalue weighted by atomic mass is 35.5. The number of carbonyl (C=O) groups excluding carboxylic acids is 1. The number of halogens is 1. The lowest BCUT2D eigenvalue weighted by atomic mass is 10.1. The molecule has 0 aliphatic carbocycles. The molecule has 0 bridgehead atoms. The Labute approximate surface area is 193 Å². The lowest BCUT2D eigenvalue weighted by molar-refractivity contribution is 0.0976. The maximum Gasteiger partial charge on any atom is 0.282 e. The van der Waals surface area contributed by atoms with Gasteiger partial charge in [-0.3, -0.25) is 14.7 Å². The Morgan fingerprint density at radius 3 is 2.75 bits per heavy atom. The maximum absolute atomic E-state index is 13.5. The standard InChI is InChI=1S/C24H17ClN4O2S/c1-15-18(25)9-10-21-22(15)27-24(32-21)29(14-16-6-5-11-26-13-16)23(30)19-12-20(31-28-19)17-7-3-2-4-8-17/h2-13H,14H2,1H3. The number of hydrogen-bond donors (Lipinski definition) is 0. The van der Waals surface area contributed by atoms with Gasteiger partial charge in [0.1, 0.15) is 0 Å². The predicted molar refractivity (Wildman–Crippen MR) is 126 cm³/mol. The van der Waals surface area contributed by atoms with Crippen molar-refractivity contribution in [2.45, 2.75) is 13.5 Å². The van der Waals surface area contributed by atoms with Gasteiger partial charge in [-0.25, -0.2) is 4.98 Å². The molecule has 3 aromatic heterocycles. The van der Waals surface area contributed by atoms with Gasteiger partial charge in [-0.15, -0.1) is 0 Å². The summed E-state index contributed by atoms with van der Waals surface area (Å²) < 4.78 is 6.41. The third kappa shape index (κ3) is 3.88. The third-order valence-corrected chi connectivity index (χ3v) is 6.52. The number of rotatable bonds is 5. The van der Waals surface area contributed by atoms with E-state index in [0.29, 0.717) is 22.5 Å². The van der Waals surface area contributed by atoms with Crippen molar-refractivity contribution in [2.75, 3.05) is 4.90 Å². The van der Waals surface area contributed by atoms with Gasteiger partial charge in [0.25, 0.3) is 5.91 Å². The van der Waals surface area contributed by atoms with E-state index in [1.807, 2.05) is 61.5 Å². The summed E-state index contributed by atoms with van der Waals surface area (Å²) in [6, 6.07) is 18.7. The first kappa shape index (κ1) is 20.4. The number of amides is 1. The molecule has 5 rings (SSSR count). The van der Waals surface area contributed by atoms with Crippen LogP contribution >= 0.6 is 22.9 Å². The molecule has 32 heavy (non-hydrogen) atoms. The summed E-state index contributed by atoms with van der Waals surface area (Å²) in [5.41, 5.74) is 3.60. The highest BCUT2D eigenvalue weighted by Gasteiger charge is 2.25. The number of anilines is 1. The lowest BCUT2D eigenvalue weighted by Crippen LogP contribution is -2.30. The Balaban J connectivity index is 1.55. The molecule has 0 aliphatic rings. The average molecular weight is 461 g/mol. The molecule has 0 unspecified atom stereocenters. The fraction of sp³-hybridized carbons (Fsp3) is 0.0833. The van der Waals surface area contributed by atoms with Crippen LogP contribution in [0.3, 0.4) is 0 Å².